The first-order chi connectivity index (χ1) is 15.5. The molecule has 0 unspecified atom stereocenters. The molecule has 2 aromatic carbocycles. The molecule has 1 saturated carbocycles. The highest BCUT2D eigenvalue weighted by Crippen LogP contribution is 2.54. The van der Waals surface area contributed by atoms with Crippen LogP contribution in [-0.2, 0) is 22.3 Å². The van der Waals surface area contributed by atoms with E-state index in [0.717, 1.165) is 17.7 Å². The van der Waals surface area contributed by atoms with Crippen LogP contribution in [0.5, 0.6) is 0 Å². The van der Waals surface area contributed by atoms with Crippen molar-refractivity contribution in [3.63, 3.8) is 0 Å². The van der Waals surface area contributed by atoms with Gasteiger partial charge in [-0.15, -0.1) is 0 Å². The van der Waals surface area contributed by atoms with Crippen LogP contribution in [0.1, 0.15) is 54.4 Å². The Bertz CT molecular complexity index is 1020. The maximum Gasteiger partial charge on any atom is 0.416 e. The van der Waals surface area contributed by atoms with E-state index in [1.54, 1.807) is 25.1 Å². The zero-order valence-corrected chi connectivity index (χ0v) is 18.5. The zero-order chi connectivity index (χ0) is 24.0. The lowest BCUT2D eigenvalue weighted by Gasteiger charge is -2.39. The Morgan fingerprint density at radius 2 is 1.88 bits per heavy atom. The number of aliphatic hydroxyl groups excluding tert-OH is 1. The van der Waals surface area contributed by atoms with Gasteiger partial charge in [0.1, 0.15) is 11.9 Å². The molecule has 0 radical (unpaired) electrons. The van der Waals surface area contributed by atoms with Gasteiger partial charge in [0.2, 0.25) is 5.91 Å². The van der Waals surface area contributed by atoms with Crippen molar-refractivity contribution in [2.75, 3.05) is 0 Å². The summed E-state index contributed by atoms with van der Waals surface area (Å²) in [6, 6.07) is 9.67. The highest BCUT2D eigenvalue weighted by atomic mass is 19.4. The van der Waals surface area contributed by atoms with Crippen LogP contribution < -0.4 is 5.32 Å². The number of alkyl halides is 3. The lowest BCUT2D eigenvalue weighted by Crippen LogP contribution is -2.44. The number of carbonyl (C=O) groups is 1. The standard InChI is InChI=1S/C25H27F4NO3/c1-14-9-15(11-17(10-14)25(27,28)29)13-33-20-7-8-24(2,21-12-19(31)23(32)30-21)22(20)16-3-5-18(26)6-4-16/h3-6,9-11,19-22,31H,7-8,12-13H2,1-2H3,(H,30,32)/t19-,20-,21+,22+,24-/m0/s1. The molecule has 5 atom stereocenters. The minimum absolute atomic E-state index is 0.00283. The average Bonchev–Trinajstić information content (AvgIpc) is 3.26. The molecule has 4 nitrogen and oxygen atoms in total. The summed E-state index contributed by atoms with van der Waals surface area (Å²) in [4.78, 5) is 12.0. The van der Waals surface area contributed by atoms with E-state index in [1.807, 2.05) is 6.92 Å². The van der Waals surface area contributed by atoms with Gasteiger partial charge < -0.3 is 15.2 Å². The molecule has 8 heteroatoms. The van der Waals surface area contributed by atoms with Gasteiger partial charge in [-0.1, -0.05) is 30.7 Å². The smallest absolute Gasteiger partial charge is 0.383 e. The first kappa shape index (κ1) is 23.7. The van der Waals surface area contributed by atoms with Gasteiger partial charge in [-0.05, 0) is 60.6 Å². The summed E-state index contributed by atoms with van der Waals surface area (Å²) in [5.41, 5.74) is 0.572. The summed E-state index contributed by atoms with van der Waals surface area (Å²) in [5.74, 6) is -1.02. The van der Waals surface area contributed by atoms with Crippen LogP contribution in [-0.4, -0.2) is 29.3 Å². The number of aliphatic hydroxyl groups is 1. The largest absolute Gasteiger partial charge is 0.416 e. The van der Waals surface area contributed by atoms with E-state index in [0.29, 0.717) is 24.0 Å². The second kappa shape index (κ2) is 8.72. The van der Waals surface area contributed by atoms with Crippen LogP contribution in [0.2, 0.25) is 0 Å². The summed E-state index contributed by atoms with van der Waals surface area (Å²) in [5, 5.41) is 12.9. The lowest BCUT2D eigenvalue weighted by atomic mass is 9.69. The molecule has 1 heterocycles. The Balaban J connectivity index is 1.60. The van der Waals surface area contributed by atoms with Crippen LogP contribution in [0.3, 0.4) is 0 Å². The topological polar surface area (TPSA) is 58.6 Å². The maximum absolute atomic E-state index is 13.6. The van der Waals surface area contributed by atoms with Gasteiger partial charge in [0, 0.05) is 18.4 Å². The fourth-order valence-corrected chi connectivity index (χ4v) is 5.44. The number of nitrogens with one attached hydrogen (secondary N) is 1. The average molecular weight is 465 g/mol. The van der Waals surface area contributed by atoms with Crippen LogP contribution >= 0.6 is 0 Å². The minimum atomic E-state index is -4.44. The first-order valence-corrected chi connectivity index (χ1v) is 11.0. The van der Waals surface area contributed by atoms with E-state index in [9.17, 15) is 27.5 Å². The van der Waals surface area contributed by atoms with Crippen molar-refractivity contribution >= 4 is 5.91 Å². The molecule has 1 aliphatic carbocycles. The van der Waals surface area contributed by atoms with Gasteiger partial charge in [0.15, 0.2) is 0 Å². The number of hydrogen-bond donors (Lipinski definition) is 2. The van der Waals surface area contributed by atoms with Crippen LogP contribution in [0.25, 0.3) is 0 Å². The quantitative estimate of drug-likeness (QED) is 0.620. The fraction of sp³-hybridized carbons (Fsp3) is 0.480. The van der Waals surface area contributed by atoms with E-state index in [1.165, 1.54) is 12.1 Å². The number of carbonyl (C=O) groups excluding carboxylic acids is 1. The van der Waals surface area contributed by atoms with Crippen molar-refractivity contribution in [1.82, 2.24) is 5.32 Å². The van der Waals surface area contributed by atoms with Gasteiger partial charge >= 0.3 is 6.18 Å². The SMILES string of the molecule is Cc1cc(CO[C@H]2CC[C@@](C)([C@H]3C[C@H](O)C(=O)N3)[C@@H]2c2ccc(F)cc2)cc(C(F)(F)F)c1. The molecule has 2 N–H and O–H groups in total. The number of amides is 1. The molecule has 1 aliphatic heterocycles. The molecule has 1 saturated heterocycles. The van der Waals surface area contributed by atoms with Crippen molar-refractivity contribution in [3.8, 4) is 0 Å². The van der Waals surface area contributed by atoms with Crippen molar-refractivity contribution in [2.24, 2.45) is 5.41 Å². The molecule has 2 aliphatic rings. The molecule has 2 fully saturated rings. The van der Waals surface area contributed by atoms with Crippen molar-refractivity contribution in [3.05, 3.63) is 70.5 Å². The van der Waals surface area contributed by atoms with E-state index >= 15 is 0 Å². The van der Waals surface area contributed by atoms with Gasteiger partial charge in [0.25, 0.3) is 0 Å². The lowest BCUT2D eigenvalue weighted by molar-refractivity contribution is -0.137. The molecule has 2 aromatic rings. The first-order valence-electron chi connectivity index (χ1n) is 11.0. The second-order valence-corrected chi connectivity index (χ2v) is 9.44. The number of aryl methyl sites for hydroxylation is 1. The number of hydrogen-bond acceptors (Lipinski definition) is 3. The molecular weight excluding hydrogens is 438 g/mol. The van der Waals surface area contributed by atoms with Gasteiger partial charge in [-0.2, -0.15) is 13.2 Å². The molecule has 0 aromatic heterocycles. The van der Waals surface area contributed by atoms with Gasteiger partial charge in [0.05, 0.1) is 18.3 Å². The fourth-order valence-electron chi connectivity index (χ4n) is 5.44. The highest BCUT2D eigenvalue weighted by Gasteiger charge is 2.54. The number of ether oxygens (including phenoxy) is 1. The van der Waals surface area contributed by atoms with E-state index in [2.05, 4.69) is 5.32 Å². The normalized spacial score (nSPS) is 30.0. The Kier molecular flexibility index (Phi) is 6.26. The minimum Gasteiger partial charge on any atom is -0.383 e. The third-order valence-electron chi connectivity index (χ3n) is 7.08. The Labute approximate surface area is 190 Å². The van der Waals surface area contributed by atoms with Crippen LogP contribution in [0.4, 0.5) is 17.6 Å². The summed E-state index contributed by atoms with van der Waals surface area (Å²) in [6.45, 7) is 3.63. The number of halogens is 4. The molecule has 0 spiro atoms. The third-order valence-corrected chi connectivity index (χ3v) is 7.08. The monoisotopic (exact) mass is 465 g/mol. The molecule has 33 heavy (non-hydrogen) atoms. The van der Waals surface area contributed by atoms with Crippen molar-refractivity contribution < 1.29 is 32.2 Å². The zero-order valence-electron chi connectivity index (χ0n) is 18.5. The van der Waals surface area contributed by atoms with E-state index in [-0.39, 0.29) is 36.9 Å². The predicted octanol–water partition coefficient (Wildman–Crippen LogP) is 4.87. The summed E-state index contributed by atoms with van der Waals surface area (Å²) >= 11 is 0. The molecule has 178 valence electrons. The number of benzene rings is 2. The molecule has 1 amide bonds. The van der Waals surface area contributed by atoms with Gasteiger partial charge in [-0.25, -0.2) is 4.39 Å². The molecule has 4 rings (SSSR count). The van der Waals surface area contributed by atoms with Crippen LogP contribution in [0, 0.1) is 18.2 Å². The van der Waals surface area contributed by atoms with Crippen molar-refractivity contribution in [2.45, 2.75) is 70.1 Å². The summed E-state index contributed by atoms with van der Waals surface area (Å²) < 4.78 is 59.4. The Morgan fingerprint density at radius 1 is 1.18 bits per heavy atom. The molecule has 0 bridgehead atoms. The second-order valence-electron chi connectivity index (χ2n) is 9.44. The van der Waals surface area contributed by atoms with Crippen molar-refractivity contribution in [1.29, 1.82) is 0 Å². The summed E-state index contributed by atoms with van der Waals surface area (Å²) in [6.07, 6.45) is -4.28. The number of rotatable bonds is 5. The highest BCUT2D eigenvalue weighted by molar-refractivity contribution is 5.83. The predicted molar refractivity (Wildman–Crippen MR) is 114 cm³/mol. The molecular formula is C25H27F4NO3. The maximum atomic E-state index is 13.6. The van der Waals surface area contributed by atoms with E-state index in [4.69, 9.17) is 4.74 Å². The summed E-state index contributed by atoms with van der Waals surface area (Å²) in [7, 11) is 0. The Hall–Kier alpha value is -2.45. The van der Waals surface area contributed by atoms with Crippen LogP contribution in [0.15, 0.2) is 42.5 Å². The Morgan fingerprint density at radius 3 is 2.48 bits per heavy atom. The van der Waals surface area contributed by atoms with E-state index < -0.39 is 29.2 Å². The third kappa shape index (κ3) is 4.77. The van der Waals surface area contributed by atoms with Gasteiger partial charge in [-0.3, -0.25) is 4.79 Å².